The molecule has 2 rings (SSSR count). The van der Waals surface area contributed by atoms with Crippen molar-refractivity contribution in [1.82, 2.24) is 4.98 Å². The summed E-state index contributed by atoms with van der Waals surface area (Å²) in [5.41, 5.74) is 7.81. The number of hydrogen-bond donors (Lipinski definition) is 1. The van der Waals surface area contributed by atoms with Crippen LogP contribution in [0.25, 0.3) is 10.9 Å². The number of halogens is 1. The Morgan fingerprint density at radius 1 is 1.36 bits per heavy atom. The van der Waals surface area contributed by atoms with E-state index in [0.29, 0.717) is 12.1 Å². The highest BCUT2D eigenvalue weighted by Crippen LogP contribution is 2.18. The molecule has 2 aromatic rings. The predicted molar refractivity (Wildman–Crippen MR) is 54.3 cm³/mol. The highest BCUT2D eigenvalue weighted by molar-refractivity contribution is 5.82. The Balaban J connectivity index is 2.75. The van der Waals surface area contributed by atoms with Gasteiger partial charge in [-0.05, 0) is 24.6 Å². The molecule has 1 aromatic heterocycles. The van der Waals surface area contributed by atoms with E-state index >= 15 is 0 Å². The van der Waals surface area contributed by atoms with Crippen LogP contribution in [-0.2, 0) is 6.54 Å². The third kappa shape index (κ3) is 1.46. The second-order valence-electron chi connectivity index (χ2n) is 3.30. The Kier molecular flexibility index (Phi) is 2.17. The van der Waals surface area contributed by atoms with E-state index in [2.05, 4.69) is 4.98 Å². The van der Waals surface area contributed by atoms with Crippen molar-refractivity contribution in [3.63, 3.8) is 0 Å². The summed E-state index contributed by atoms with van der Waals surface area (Å²) in [5.74, 6) is -0.253. The average molecular weight is 190 g/mol. The van der Waals surface area contributed by atoms with Gasteiger partial charge in [0, 0.05) is 18.0 Å². The first-order valence-electron chi connectivity index (χ1n) is 4.46. The molecule has 0 unspecified atom stereocenters. The number of rotatable bonds is 1. The summed E-state index contributed by atoms with van der Waals surface area (Å²) in [5, 5.41) is 0.976. The molecule has 0 radical (unpaired) electrons. The first-order chi connectivity index (χ1) is 6.70. The Morgan fingerprint density at radius 2 is 2.14 bits per heavy atom. The fourth-order valence-electron chi connectivity index (χ4n) is 1.53. The molecule has 2 nitrogen and oxygen atoms in total. The van der Waals surface area contributed by atoms with Crippen LogP contribution in [0.3, 0.4) is 0 Å². The zero-order valence-corrected chi connectivity index (χ0v) is 7.92. The van der Waals surface area contributed by atoms with Crippen molar-refractivity contribution in [2.75, 3.05) is 0 Å². The summed E-state index contributed by atoms with van der Waals surface area (Å²) < 4.78 is 13.1. The molecule has 1 aromatic carbocycles. The first kappa shape index (κ1) is 9.09. The minimum Gasteiger partial charge on any atom is -0.325 e. The van der Waals surface area contributed by atoms with Gasteiger partial charge in [0.2, 0.25) is 0 Å². The summed E-state index contributed by atoms with van der Waals surface area (Å²) in [6.45, 7) is 2.25. The largest absolute Gasteiger partial charge is 0.325 e. The topological polar surface area (TPSA) is 38.9 Å². The Labute approximate surface area is 81.6 Å². The van der Waals surface area contributed by atoms with Crippen LogP contribution in [0.2, 0.25) is 0 Å². The van der Waals surface area contributed by atoms with Crippen molar-refractivity contribution < 1.29 is 4.39 Å². The van der Waals surface area contributed by atoms with Gasteiger partial charge >= 0.3 is 0 Å². The van der Waals surface area contributed by atoms with E-state index < -0.39 is 0 Å². The van der Waals surface area contributed by atoms with Crippen LogP contribution < -0.4 is 5.73 Å². The molecule has 0 fully saturated rings. The van der Waals surface area contributed by atoms with Crippen LogP contribution in [0.5, 0.6) is 0 Å². The Hall–Kier alpha value is -1.48. The zero-order chi connectivity index (χ0) is 10.1. The van der Waals surface area contributed by atoms with Crippen LogP contribution in [-0.4, -0.2) is 4.98 Å². The van der Waals surface area contributed by atoms with Gasteiger partial charge in [-0.3, -0.25) is 4.98 Å². The number of pyridine rings is 1. The summed E-state index contributed by atoms with van der Waals surface area (Å²) in [4.78, 5) is 4.25. The summed E-state index contributed by atoms with van der Waals surface area (Å²) in [6, 6.07) is 6.74. The second kappa shape index (κ2) is 3.35. The van der Waals surface area contributed by atoms with Crippen LogP contribution in [0.4, 0.5) is 4.39 Å². The Morgan fingerprint density at radius 3 is 2.86 bits per heavy atom. The average Bonchev–Trinajstić information content (AvgIpc) is 2.16. The number of fused-ring (bicyclic) bond motifs is 1. The van der Waals surface area contributed by atoms with Crippen molar-refractivity contribution in [3.05, 3.63) is 41.3 Å². The monoisotopic (exact) mass is 190 g/mol. The molecule has 0 saturated carbocycles. The number of nitrogens with zero attached hydrogens (tertiary/aromatic N) is 1. The molecule has 0 atom stereocenters. The van der Waals surface area contributed by atoms with Gasteiger partial charge in [-0.1, -0.05) is 6.07 Å². The van der Waals surface area contributed by atoms with E-state index in [0.717, 1.165) is 16.6 Å². The van der Waals surface area contributed by atoms with Crippen LogP contribution >= 0.6 is 0 Å². The standard InChI is InChI=1S/C11H11FN2/c1-7-4-8(12)5-11-10(7)3-2-9(6-13)14-11/h2-5H,6,13H2,1H3. The number of aryl methyl sites for hydroxylation is 1. The second-order valence-corrected chi connectivity index (χ2v) is 3.30. The van der Waals surface area contributed by atoms with Gasteiger partial charge in [0.25, 0.3) is 0 Å². The van der Waals surface area contributed by atoms with Crippen molar-refractivity contribution in [2.45, 2.75) is 13.5 Å². The van der Waals surface area contributed by atoms with E-state index in [1.54, 1.807) is 0 Å². The van der Waals surface area contributed by atoms with Gasteiger partial charge in [0.1, 0.15) is 5.82 Å². The van der Waals surface area contributed by atoms with Gasteiger partial charge in [0.15, 0.2) is 0 Å². The number of aromatic nitrogens is 1. The van der Waals surface area contributed by atoms with Gasteiger partial charge in [-0.15, -0.1) is 0 Å². The number of benzene rings is 1. The molecule has 0 aliphatic carbocycles. The Bertz CT molecular complexity index is 480. The zero-order valence-electron chi connectivity index (χ0n) is 7.92. The fraction of sp³-hybridized carbons (Fsp3) is 0.182. The molecule has 0 saturated heterocycles. The van der Waals surface area contributed by atoms with E-state index in [1.165, 1.54) is 12.1 Å². The summed E-state index contributed by atoms with van der Waals surface area (Å²) in [7, 11) is 0. The van der Waals surface area contributed by atoms with Crippen LogP contribution in [0.1, 0.15) is 11.3 Å². The first-order valence-corrected chi connectivity index (χ1v) is 4.46. The van der Waals surface area contributed by atoms with Gasteiger partial charge in [0.05, 0.1) is 11.2 Å². The molecule has 0 bridgehead atoms. The minimum atomic E-state index is -0.253. The minimum absolute atomic E-state index is 0.253. The SMILES string of the molecule is Cc1cc(F)cc2nc(CN)ccc12. The molecule has 0 aliphatic heterocycles. The number of hydrogen-bond acceptors (Lipinski definition) is 2. The lowest BCUT2D eigenvalue weighted by Gasteiger charge is -2.03. The molecular weight excluding hydrogens is 179 g/mol. The summed E-state index contributed by atoms with van der Waals surface area (Å²) >= 11 is 0. The summed E-state index contributed by atoms with van der Waals surface area (Å²) in [6.07, 6.45) is 0. The van der Waals surface area contributed by atoms with Crippen LogP contribution in [0.15, 0.2) is 24.3 Å². The lowest BCUT2D eigenvalue weighted by molar-refractivity contribution is 0.628. The maximum Gasteiger partial charge on any atom is 0.125 e. The fourth-order valence-corrected chi connectivity index (χ4v) is 1.53. The van der Waals surface area contributed by atoms with Crippen LogP contribution in [0, 0.1) is 12.7 Å². The number of nitrogens with two attached hydrogens (primary N) is 1. The molecule has 0 aliphatic rings. The van der Waals surface area contributed by atoms with E-state index in [1.807, 2.05) is 19.1 Å². The van der Waals surface area contributed by atoms with E-state index in [-0.39, 0.29) is 5.82 Å². The molecule has 14 heavy (non-hydrogen) atoms. The van der Waals surface area contributed by atoms with Crippen molar-refractivity contribution >= 4 is 10.9 Å². The highest BCUT2D eigenvalue weighted by atomic mass is 19.1. The predicted octanol–water partition coefficient (Wildman–Crippen LogP) is 2.14. The van der Waals surface area contributed by atoms with E-state index in [4.69, 9.17) is 5.73 Å². The quantitative estimate of drug-likeness (QED) is 0.748. The molecule has 0 spiro atoms. The third-order valence-electron chi connectivity index (χ3n) is 2.25. The molecular formula is C11H11FN2. The molecule has 3 heteroatoms. The highest BCUT2D eigenvalue weighted by Gasteiger charge is 2.02. The van der Waals surface area contributed by atoms with Crippen molar-refractivity contribution in [2.24, 2.45) is 5.73 Å². The molecule has 72 valence electrons. The van der Waals surface area contributed by atoms with Crippen molar-refractivity contribution in [3.8, 4) is 0 Å². The van der Waals surface area contributed by atoms with Gasteiger partial charge in [-0.2, -0.15) is 0 Å². The van der Waals surface area contributed by atoms with E-state index in [9.17, 15) is 4.39 Å². The third-order valence-corrected chi connectivity index (χ3v) is 2.25. The lowest BCUT2D eigenvalue weighted by Crippen LogP contribution is -1.99. The molecule has 2 N–H and O–H groups in total. The lowest BCUT2D eigenvalue weighted by atomic mass is 10.1. The van der Waals surface area contributed by atoms with Crippen molar-refractivity contribution in [1.29, 1.82) is 0 Å². The molecule has 1 heterocycles. The van der Waals surface area contributed by atoms with Gasteiger partial charge in [-0.25, -0.2) is 4.39 Å². The normalized spacial score (nSPS) is 10.8. The maximum absolute atomic E-state index is 13.1. The van der Waals surface area contributed by atoms with Gasteiger partial charge < -0.3 is 5.73 Å². The smallest absolute Gasteiger partial charge is 0.125 e. The maximum atomic E-state index is 13.1. The molecule has 0 amide bonds.